The Hall–Kier alpha value is -1.06. The summed E-state index contributed by atoms with van der Waals surface area (Å²) in [6, 6.07) is 7.90. The van der Waals surface area contributed by atoms with Crippen molar-refractivity contribution in [2.45, 2.75) is 45.1 Å². The van der Waals surface area contributed by atoms with Gasteiger partial charge in [-0.3, -0.25) is 9.69 Å². The first-order valence-corrected chi connectivity index (χ1v) is 8.17. The molecule has 1 heterocycles. The fourth-order valence-electron chi connectivity index (χ4n) is 3.32. The number of carbonyl (C=O) groups is 1. The molecule has 0 aromatic heterocycles. The first-order valence-electron chi connectivity index (χ1n) is 7.79. The molecular weight excluding hydrogens is 286 g/mol. The van der Waals surface area contributed by atoms with E-state index in [1.807, 2.05) is 25.1 Å². The highest BCUT2D eigenvalue weighted by Crippen LogP contribution is 2.39. The van der Waals surface area contributed by atoms with Crippen molar-refractivity contribution in [3.05, 3.63) is 34.9 Å². The summed E-state index contributed by atoms with van der Waals surface area (Å²) in [5.74, 6) is -0.133. The van der Waals surface area contributed by atoms with Crippen LogP contribution in [0.5, 0.6) is 0 Å². The van der Waals surface area contributed by atoms with Crippen molar-refractivity contribution in [2.75, 3.05) is 19.7 Å². The molecule has 116 valence electrons. The van der Waals surface area contributed by atoms with Crippen LogP contribution in [0.4, 0.5) is 0 Å². The number of benzene rings is 1. The highest BCUT2D eigenvalue weighted by Gasteiger charge is 2.40. The summed E-state index contributed by atoms with van der Waals surface area (Å²) in [5, 5.41) is 0.716. The molecule has 1 unspecified atom stereocenters. The number of likely N-dealkylation sites (tertiary alicyclic amines) is 1. The van der Waals surface area contributed by atoms with Crippen LogP contribution in [0.25, 0.3) is 0 Å². The lowest BCUT2D eigenvalue weighted by Crippen LogP contribution is -2.46. The monoisotopic (exact) mass is 309 g/mol. The van der Waals surface area contributed by atoms with Gasteiger partial charge in [-0.25, -0.2) is 0 Å². The zero-order chi connectivity index (χ0) is 15.3. The Morgan fingerprint density at radius 2 is 2.05 bits per heavy atom. The van der Waals surface area contributed by atoms with E-state index in [-0.39, 0.29) is 11.5 Å². The van der Waals surface area contributed by atoms with Crippen LogP contribution in [-0.2, 0) is 15.1 Å². The molecule has 1 aromatic rings. The van der Waals surface area contributed by atoms with Crippen LogP contribution in [0.1, 0.15) is 45.1 Å². The van der Waals surface area contributed by atoms with Gasteiger partial charge in [-0.05, 0) is 57.0 Å². The van der Waals surface area contributed by atoms with E-state index in [0.717, 1.165) is 25.1 Å². The van der Waals surface area contributed by atoms with Crippen molar-refractivity contribution in [3.8, 4) is 0 Å². The van der Waals surface area contributed by atoms with E-state index in [4.69, 9.17) is 16.3 Å². The minimum atomic E-state index is -0.298. The summed E-state index contributed by atoms with van der Waals surface area (Å²) < 4.78 is 5.21. The van der Waals surface area contributed by atoms with Gasteiger partial charge in [-0.1, -0.05) is 30.7 Å². The number of nitrogens with zero attached hydrogens (tertiary/aromatic N) is 1. The van der Waals surface area contributed by atoms with Gasteiger partial charge in [0, 0.05) is 5.02 Å². The van der Waals surface area contributed by atoms with Gasteiger partial charge >= 0.3 is 5.97 Å². The van der Waals surface area contributed by atoms with Crippen molar-refractivity contribution in [1.82, 2.24) is 4.90 Å². The second kappa shape index (κ2) is 7.28. The predicted molar refractivity (Wildman–Crippen MR) is 85.5 cm³/mol. The lowest BCUT2D eigenvalue weighted by molar-refractivity contribution is -0.147. The second-order valence-electron chi connectivity index (χ2n) is 5.57. The van der Waals surface area contributed by atoms with Gasteiger partial charge in [-0.2, -0.15) is 0 Å². The van der Waals surface area contributed by atoms with Crippen molar-refractivity contribution < 1.29 is 9.53 Å². The third-order valence-electron chi connectivity index (χ3n) is 4.40. The largest absolute Gasteiger partial charge is 0.466 e. The molecule has 4 heteroatoms. The Morgan fingerprint density at radius 3 is 2.62 bits per heavy atom. The smallest absolute Gasteiger partial charge is 0.308 e. The zero-order valence-corrected chi connectivity index (χ0v) is 13.7. The number of hydrogen-bond acceptors (Lipinski definition) is 3. The Kier molecular flexibility index (Phi) is 5.65. The van der Waals surface area contributed by atoms with Gasteiger partial charge in [0.05, 0.1) is 18.6 Å². The first-order chi connectivity index (χ1) is 10.1. The molecule has 0 N–H and O–H groups in total. The van der Waals surface area contributed by atoms with Crippen LogP contribution < -0.4 is 0 Å². The molecule has 1 aromatic carbocycles. The van der Waals surface area contributed by atoms with Gasteiger partial charge in [0.1, 0.15) is 0 Å². The van der Waals surface area contributed by atoms with Crippen LogP contribution in [0.3, 0.4) is 0 Å². The molecule has 3 nitrogen and oxygen atoms in total. The molecule has 0 aliphatic carbocycles. The Labute approximate surface area is 132 Å². The van der Waals surface area contributed by atoms with Crippen LogP contribution in [0.15, 0.2) is 24.3 Å². The lowest BCUT2D eigenvalue weighted by atomic mass is 9.82. The SMILES string of the molecule is CCOC(=O)CC(CC)(c1cccc(Cl)c1)N1CCCC1. The molecule has 21 heavy (non-hydrogen) atoms. The number of halogens is 1. The average Bonchev–Trinajstić information content (AvgIpc) is 2.99. The molecule has 1 atom stereocenters. The van der Waals surface area contributed by atoms with Crippen molar-refractivity contribution in [3.63, 3.8) is 0 Å². The molecule has 0 bridgehead atoms. The molecule has 0 amide bonds. The number of esters is 1. The number of ether oxygens (including phenoxy) is 1. The molecule has 0 spiro atoms. The minimum absolute atomic E-state index is 0.133. The summed E-state index contributed by atoms with van der Waals surface area (Å²) >= 11 is 6.18. The quantitative estimate of drug-likeness (QED) is 0.744. The maximum Gasteiger partial charge on any atom is 0.308 e. The van der Waals surface area contributed by atoms with E-state index in [1.54, 1.807) is 0 Å². The second-order valence-corrected chi connectivity index (χ2v) is 6.01. The van der Waals surface area contributed by atoms with Gasteiger partial charge < -0.3 is 4.74 Å². The lowest BCUT2D eigenvalue weighted by Gasteiger charge is -2.41. The molecule has 0 saturated carbocycles. The van der Waals surface area contributed by atoms with E-state index in [9.17, 15) is 4.79 Å². The molecule has 0 radical (unpaired) electrons. The van der Waals surface area contributed by atoms with Crippen molar-refractivity contribution >= 4 is 17.6 Å². The normalized spacial score (nSPS) is 18.4. The summed E-state index contributed by atoms with van der Waals surface area (Å²) in [5.41, 5.74) is 0.820. The van der Waals surface area contributed by atoms with Gasteiger partial charge in [-0.15, -0.1) is 0 Å². The Balaban J connectivity index is 2.38. The van der Waals surface area contributed by atoms with Crippen LogP contribution in [0.2, 0.25) is 5.02 Å². The highest BCUT2D eigenvalue weighted by molar-refractivity contribution is 6.30. The Bertz CT molecular complexity index is 485. The maximum atomic E-state index is 12.2. The topological polar surface area (TPSA) is 29.5 Å². The molecule has 1 fully saturated rings. The predicted octanol–water partition coefficient (Wildman–Crippen LogP) is 3.99. The number of rotatable bonds is 6. The van der Waals surface area contributed by atoms with Crippen LogP contribution in [0, 0.1) is 0 Å². The number of hydrogen-bond donors (Lipinski definition) is 0. The van der Waals surface area contributed by atoms with E-state index in [0.29, 0.717) is 18.1 Å². The zero-order valence-electron chi connectivity index (χ0n) is 12.9. The van der Waals surface area contributed by atoms with Crippen molar-refractivity contribution in [2.24, 2.45) is 0 Å². The fraction of sp³-hybridized carbons (Fsp3) is 0.588. The summed E-state index contributed by atoms with van der Waals surface area (Å²) in [7, 11) is 0. The van der Waals surface area contributed by atoms with Gasteiger partial charge in [0.25, 0.3) is 0 Å². The minimum Gasteiger partial charge on any atom is -0.466 e. The standard InChI is InChI=1S/C17H24ClNO2/c1-3-17(13-16(20)21-4-2,19-10-5-6-11-19)14-8-7-9-15(18)12-14/h7-9,12H,3-6,10-11,13H2,1-2H3. The molecule has 1 saturated heterocycles. The summed E-state index contributed by atoms with van der Waals surface area (Å²) in [6.07, 6.45) is 3.63. The van der Waals surface area contributed by atoms with Gasteiger partial charge in [0.15, 0.2) is 0 Å². The van der Waals surface area contributed by atoms with Crippen LogP contribution >= 0.6 is 11.6 Å². The summed E-state index contributed by atoms with van der Waals surface area (Å²) in [6.45, 7) is 6.47. The van der Waals surface area contributed by atoms with E-state index in [2.05, 4.69) is 17.9 Å². The molecule has 2 rings (SSSR count). The first kappa shape index (κ1) is 16.3. The van der Waals surface area contributed by atoms with E-state index in [1.165, 1.54) is 12.8 Å². The third kappa shape index (κ3) is 3.58. The van der Waals surface area contributed by atoms with Crippen LogP contribution in [-0.4, -0.2) is 30.6 Å². The molecule has 1 aliphatic heterocycles. The molecular formula is C17H24ClNO2. The van der Waals surface area contributed by atoms with E-state index >= 15 is 0 Å². The van der Waals surface area contributed by atoms with E-state index < -0.39 is 0 Å². The maximum absolute atomic E-state index is 12.2. The summed E-state index contributed by atoms with van der Waals surface area (Å²) in [4.78, 5) is 14.6. The fourth-order valence-corrected chi connectivity index (χ4v) is 3.51. The Morgan fingerprint density at radius 1 is 1.33 bits per heavy atom. The average molecular weight is 310 g/mol. The van der Waals surface area contributed by atoms with Gasteiger partial charge in [0.2, 0.25) is 0 Å². The van der Waals surface area contributed by atoms with Crippen molar-refractivity contribution in [1.29, 1.82) is 0 Å². The molecule has 1 aliphatic rings. The third-order valence-corrected chi connectivity index (χ3v) is 4.64. The highest BCUT2D eigenvalue weighted by atomic mass is 35.5. The number of carbonyl (C=O) groups excluding carboxylic acids is 1.